The van der Waals surface area contributed by atoms with Crippen LogP contribution in [-0.2, 0) is 16.0 Å². The fourth-order valence-corrected chi connectivity index (χ4v) is 2.36. The molecule has 2 rings (SSSR count). The minimum Gasteiger partial charge on any atom is -0.481 e. The molecule has 0 radical (unpaired) electrons. The van der Waals surface area contributed by atoms with Crippen molar-refractivity contribution in [2.75, 3.05) is 0 Å². The zero-order valence-corrected chi connectivity index (χ0v) is 12.0. The second-order valence-electron chi connectivity index (χ2n) is 5.22. The summed E-state index contributed by atoms with van der Waals surface area (Å²) < 4.78 is 0. The van der Waals surface area contributed by atoms with Crippen LogP contribution in [0.3, 0.4) is 0 Å². The Labute approximate surface area is 123 Å². The number of fused-ring (bicyclic) bond motifs is 1. The van der Waals surface area contributed by atoms with Crippen molar-refractivity contribution in [3.8, 4) is 0 Å². The van der Waals surface area contributed by atoms with E-state index in [2.05, 4.69) is 5.32 Å². The Balaban J connectivity index is 2.00. The molecule has 4 heteroatoms. The summed E-state index contributed by atoms with van der Waals surface area (Å²) in [6.07, 6.45) is 0.811. The molecule has 21 heavy (non-hydrogen) atoms. The van der Waals surface area contributed by atoms with Crippen molar-refractivity contribution in [2.24, 2.45) is 0 Å². The maximum Gasteiger partial charge on any atom is 0.303 e. The third kappa shape index (κ3) is 4.31. The molecule has 110 valence electrons. The molecule has 0 saturated carbocycles. The Bertz CT molecular complexity index is 646. The largest absolute Gasteiger partial charge is 0.481 e. The lowest BCUT2D eigenvalue weighted by Crippen LogP contribution is -2.34. The van der Waals surface area contributed by atoms with Gasteiger partial charge in [-0.15, -0.1) is 0 Å². The number of carboxylic acids is 1. The molecule has 1 amide bonds. The van der Waals surface area contributed by atoms with Crippen LogP contribution in [0.25, 0.3) is 10.8 Å². The summed E-state index contributed by atoms with van der Waals surface area (Å²) in [6, 6.07) is 13.7. The van der Waals surface area contributed by atoms with E-state index in [4.69, 9.17) is 5.11 Å². The summed E-state index contributed by atoms with van der Waals surface area (Å²) in [6.45, 7) is 1.82. The van der Waals surface area contributed by atoms with Gasteiger partial charge in [-0.05, 0) is 29.7 Å². The number of benzene rings is 2. The van der Waals surface area contributed by atoms with Gasteiger partial charge in [-0.25, -0.2) is 0 Å². The second-order valence-corrected chi connectivity index (χ2v) is 5.22. The number of nitrogens with one attached hydrogen (secondary N) is 1. The van der Waals surface area contributed by atoms with Gasteiger partial charge in [0.05, 0.1) is 6.42 Å². The predicted molar refractivity (Wildman–Crippen MR) is 82.1 cm³/mol. The molecular weight excluding hydrogens is 266 g/mol. The van der Waals surface area contributed by atoms with Crippen LogP contribution in [0.15, 0.2) is 42.5 Å². The van der Waals surface area contributed by atoms with Crippen LogP contribution in [0.1, 0.15) is 25.3 Å². The van der Waals surface area contributed by atoms with Gasteiger partial charge in [0.2, 0.25) is 5.91 Å². The van der Waals surface area contributed by atoms with Crippen molar-refractivity contribution in [3.63, 3.8) is 0 Å². The standard InChI is InChI=1S/C17H19NO3/c1-12(9-10-17(20)21)18-16(19)11-14-7-4-6-13-5-2-3-8-15(13)14/h2-8,12H,9-11H2,1H3,(H,18,19)(H,20,21). The van der Waals surface area contributed by atoms with Crippen LogP contribution >= 0.6 is 0 Å². The normalized spacial score (nSPS) is 12.0. The van der Waals surface area contributed by atoms with Gasteiger partial charge in [0.25, 0.3) is 0 Å². The number of hydrogen-bond acceptors (Lipinski definition) is 2. The van der Waals surface area contributed by atoms with Gasteiger partial charge in [0.1, 0.15) is 0 Å². The van der Waals surface area contributed by atoms with Gasteiger partial charge in [0.15, 0.2) is 0 Å². The van der Waals surface area contributed by atoms with E-state index in [9.17, 15) is 9.59 Å². The van der Waals surface area contributed by atoms with Gasteiger partial charge in [-0.1, -0.05) is 42.5 Å². The van der Waals surface area contributed by atoms with Crippen molar-refractivity contribution < 1.29 is 14.7 Å². The molecule has 0 heterocycles. The Hall–Kier alpha value is -2.36. The zero-order valence-electron chi connectivity index (χ0n) is 12.0. The van der Waals surface area contributed by atoms with Crippen molar-refractivity contribution in [3.05, 3.63) is 48.0 Å². The summed E-state index contributed by atoms with van der Waals surface area (Å²) in [4.78, 5) is 22.6. The number of amides is 1. The summed E-state index contributed by atoms with van der Waals surface area (Å²) in [5.74, 6) is -0.922. The number of carbonyl (C=O) groups excluding carboxylic acids is 1. The van der Waals surface area contributed by atoms with Crippen LogP contribution in [0.2, 0.25) is 0 Å². The molecule has 0 fully saturated rings. The first-order chi connectivity index (χ1) is 10.1. The fraction of sp³-hybridized carbons (Fsp3) is 0.294. The number of carboxylic acid groups (broad SMARTS) is 1. The third-order valence-electron chi connectivity index (χ3n) is 3.43. The Morgan fingerprint density at radius 2 is 1.86 bits per heavy atom. The molecule has 2 N–H and O–H groups in total. The highest BCUT2D eigenvalue weighted by atomic mass is 16.4. The molecule has 0 aromatic heterocycles. The quantitative estimate of drug-likeness (QED) is 0.857. The maximum absolute atomic E-state index is 12.1. The van der Waals surface area contributed by atoms with Gasteiger partial charge >= 0.3 is 5.97 Å². The van der Waals surface area contributed by atoms with Gasteiger partial charge in [-0.2, -0.15) is 0 Å². The van der Waals surface area contributed by atoms with Crippen LogP contribution in [0.5, 0.6) is 0 Å². The van der Waals surface area contributed by atoms with E-state index >= 15 is 0 Å². The zero-order chi connectivity index (χ0) is 15.2. The van der Waals surface area contributed by atoms with Crippen LogP contribution < -0.4 is 5.32 Å². The van der Waals surface area contributed by atoms with Crippen LogP contribution in [0.4, 0.5) is 0 Å². The smallest absolute Gasteiger partial charge is 0.303 e. The SMILES string of the molecule is CC(CCC(=O)O)NC(=O)Cc1cccc2ccccc12. The molecule has 4 nitrogen and oxygen atoms in total. The Kier molecular flexibility index (Phi) is 4.93. The molecule has 1 atom stereocenters. The second kappa shape index (κ2) is 6.88. The molecule has 0 saturated heterocycles. The van der Waals surface area contributed by atoms with E-state index in [0.29, 0.717) is 12.8 Å². The molecule has 0 aliphatic heterocycles. The minimum absolute atomic E-state index is 0.0652. The third-order valence-corrected chi connectivity index (χ3v) is 3.43. The van der Waals surface area contributed by atoms with Crippen LogP contribution in [-0.4, -0.2) is 23.0 Å². The Morgan fingerprint density at radius 3 is 2.62 bits per heavy atom. The molecule has 2 aromatic rings. The van der Waals surface area contributed by atoms with Crippen molar-refractivity contribution in [1.29, 1.82) is 0 Å². The van der Waals surface area contributed by atoms with Gasteiger partial charge < -0.3 is 10.4 Å². The van der Waals surface area contributed by atoms with E-state index in [1.165, 1.54) is 0 Å². The average Bonchev–Trinajstić information content (AvgIpc) is 2.45. The van der Waals surface area contributed by atoms with Crippen molar-refractivity contribution in [2.45, 2.75) is 32.2 Å². The summed E-state index contributed by atoms with van der Waals surface area (Å²) >= 11 is 0. The number of aliphatic carboxylic acids is 1. The molecule has 0 spiro atoms. The average molecular weight is 285 g/mol. The van der Waals surface area contributed by atoms with E-state index in [1.807, 2.05) is 49.4 Å². The highest BCUT2D eigenvalue weighted by molar-refractivity contribution is 5.90. The molecular formula is C17H19NO3. The topological polar surface area (TPSA) is 66.4 Å². The number of carbonyl (C=O) groups is 2. The Morgan fingerprint density at radius 1 is 1.14 bits per heavy atom. The first-order valence-electron chi connectivity index (χ1n) is 7.04. The number of hydrogen-bond donors (Lipinski definition) is 2. The molecule has 0 aliphatic carbocycles. The summed E-state index contributed by atoms with van der Waals surface area (Å²) in [5.41, 5.74) is 0.982. The first-order valence-corrected chi connectivity index (χ1v) is 7.04. The first kappa shape index (κ1) is 15.0. The lowest BCUT2D eigenvalue weighted by molar-refractivity contribution is -0.137. The van der Waals surface area contributed by atoms with Crippen molar-refractivity contribution >= 4 is 22.6 Å². The van der Waals surface area contributed by atoms with E-state index in [-0.39, 0.29) is 18.4 Å². The highest BCUT2D eigenvalue weighted by Crippen LogP contribution is 2.18. The van der Waals surface area contributed by atoms with Gasteiger partial charge in [0, 0.05) is 12.5 Å². The summed E-state index contributed by atoms with van der Waals surface area (Å²) in [7, 11) is 0. The predicted octanol–water partition coefficient (Wildman–Crippen LogP) is 2.75. The molecule has 0 bridgehead atoms. The fourth-order valence-electron chi connectivity index (χ4n) is 2.36. The van der Waals surface area contributed by atoms with E-state index < -0.39 is 5.97 Å². The lowest BCUT2D eigenvalue weighted by Gasteiger charge is -2.13. The lowest BCUT2D eigenvalue weighted by atomic mass is 10.0. The van der Waals surface area contributed by atoms with Crippen molar-refractivity contribution in [1.82, 2.24) is 5.32 Å². The molecule has 1 unspecified atom stereocenters. The highest BCUT2D eigenvalue weighted by Gasteiger charge is 2.11. The van der Waals surface area contributed by atoms with Crippen LogP contribution in [0, 0.1) is 0 Å². The summed E-state index contributed by atoms with van der Waals surface area (Å²) in [5, 5.41) is 13.7. The van der Waals surface area contributed by atoms with E-state index in [1.54, 1.807) is 0 Å². The molecule has 0 aliphatic rings. The monoisotopic (exact) mass is 285 g/mol. The minimum atomic E-state index is -0.842. The maximum atomic E-state index is 12.1. The van der Waals surface area contributed by atoms with E-state index in [0.717, 1.165) is 16.3 Å². The molecule has 2 aromatic carbocycles. The van der Waals surface area contributed by atoms with Gasteiger partial charge in [-0.3, -0.25) is 9.59 Å². The number of rotatable bonds is 6.